The molecule has 0 fully saturated rings. The number of hydrogen-bond acceptors (Lipinski definition) is 4. The molecule has 2 atom stereocenters. The van der Waals surface area contributed by atoms with Crippen LogP contribution in [-0.4, -0.2) is 9.55 Å². The molecule has 3 heterocycles. The van der Waals surface area contributed by atoms with E-state index >= 15 is 0 Å². The fourth-order valence-corrected chi connectivity index (χ4v) is 13.2. The molecule has 2 aromatic heterocycles. The minimum atomic E-state index is 0. The van der Waals surface area contributed by atoms with Gasteiger partial charge >= 0.3 is 0 Å². The van der Waals surface area contributed by atoms with Crippen LogP contribution in [0.5, 0.6) is 11.5 Å². The van der Waals surface area contributed by atoms with E-state index in [4.69, 9.17) is 9.72 Å². The van der Waals surface area contributed by atoms with Gasteiger partial charge in [0.05, 0.1) is 0 Å². The molecule has 6 heteroatoms. The smallest absolute Gasteiger partial charge is 0.135 e. The first kappa shape index (κ1) is 45.6. The minimum Gasteiger partial charge on any atom is -0.509 e. The van der Waals surface area contributed by atoms with Gasteiger partial charge in [0.2, 0.25) is 0 Å². The summed E-state index contributed by atoms with van der Waals surface area (Å²) in [5.41, 5.74) is 22.7. The van der Waals surface area contributed by atoms with E-state index in [0.717, 1.165) is 61.4 Å². The number of fused-ring (bicyclic) bond motifs is 4. The van der Waals surface area contributed by atoms with Crippen LogP contribution >= 0.6 is 0 Å². The molecule has 0 saturated heterocycles. The summed E-state index contributed by atoms with van der Waals surface area (Å²) >= 11 is 0. The van der Waals surface area contributed by atoms with Crippen LogP contribution in [0.15, 0.2) is 206 Å². The number of aryl methyl sites for hydroxylation is 1. The Morgan fingerprint density at radius 2 is 1.05 bits per heavy atom. The number of ether oxygens (including phenoxy) is 1. The third kappa shape index (κ3) is 6.97. The predicted molar refractivity (Wildman–Crippen MR) is 300 cm³/mol. The average molecular weight is 1150 g/mol. The van der Waals surface area contributed by atoms with Gasteiger partial charge in [-0.05, 0) is 109 Å². The van der Waals surface area contributed by atoms with Crippen LogP contribution in [-0.2, 0) is 26.5 Å². The molecule has 18 rings (SSSR count). The molecule has 7 aliphatic rings. The zero-order chi connectivity index (χ0) is 49.4. The molecule has 11 aromatic rings. The number of anilines is 4. The summed E-state index contributed by atoms with van der Waals surface area (Å²) in [6.45, 7) is 11.2. The zero-order valence-corrected chi connectivity index (χ0v) is 44.3. The summed E-state index contributed by atoms with van der Waals surface area (Å²) in [6, 6.07) is 80.9. The van der Waals surface area contributed by atoms with Crippen LogP contribution in [0.3, 0.4) is 0 Å². The van der Waals surface area contributed by atoms with Crippen molar-refractivity contribution in [1.82, 2.24) is 9.55 Å². The van der Waals surface area contributed by atoms with E-state index in [1.165, 1.54) is 55.8 Å². The molecule has 9 aromatic carbocycles. The van der Waals surface area contributed by atoms with Gasteiger partial charge in [-0.3, -0.25) is 0 Å². The molecule has 0 saturated carbocycles. The van der Waals surface area contributed by atoms with Crippen molar-refractivity contribution in [3.05, 3.63) is 281 Å². The van der Waals surface area contributed by atoms with E-state index in [2.05, 4.69) is 249 Å². The van der Waals surface area contributed by atoms with Gasteiger partial charge in [0.1, 0.15) is 5.82 Å². The van der Waals surface area contributed by atoms with Crippen molar-refractivity contribution >= 4 is 44.6 Å². The fraction of sp³-hybridized carbons (Fsp3) is 0.130. The molecule has 2 unspecified atom stereocenters. The van der Waals surface area contributed by atoms with Crippen molar-refractivity contribution in [3.8, 4) is 28.4 Å². The maximum absolute atomic E-state index is 6.76. The number of para-hydroxylation sites is 3. The Kier molecular flexibility index (Phi) is 10.5. The second kappa shape index (κ2) is 17.3. The summed E-state index contributed by atoms with van der Waals surface area (Å²) in [5, 5.41) is 2.22. The van der Waals surface area contributed by atoms with Gasteiger partial charge < -0.3 is 19.1 Å². The van der Waals surface area contributed by atoms with Crippen molar-refractivity contribution in [3.63, 3.8) is 0 Å². The Hall–Kier alpha value is -7.98. The predicted octanol–water partition coefficient (Wildman–Crippen LogP) is 17.1. The molecule has 0 N–H and O–H groups in total. The van der Waals surface area contributed by atoms with Crippen LogP contribution in [0.25, 0.3) is 38.8 Å². The first-order valence-electron chi connectivity index (χ1n) is 25.9. The van der Waals surface area contributed by atoms with Crippen LogP contribution in [0, 0.1) is 25.7 Å². The normalized spacial score (nSPS) is 17.7. The molecule has 0 spiro atoms. The standard InChI is InChI=1S/C69H51N4O.Pt/c1-42-37-63(70-40-57(42)43-31-33-44(34-32-43)69(2,3)4)73-58-27-12-11-19-48(58)49-36-35-47(39-62(49)73)74-46-18-15-17-45(38-46)71-41-72(60-29-14-13-28-59(60)71)61-30-16-26-56-66-54-24-9-10-25-55(54)68(67(56)61)65-52-22-7-5-20-50(52)64(66)51-21-6-8-23-53(51)65;/h5-37,40-41,64-66,68H,1-4H3;/q-3;. The second-order valence-corrected chi connectivity index (χ2v) is 21.5. The molecule has 366 valence electrons. The molecular formula is C69H51N4OPt-3. The summed E-state index contributed by atoms with van der Waals surface area (Å²) in [6.07, 6.45) is 2.01. The zero-order valence-electron chi connectivity index (χ0n) is 42.0. The van der Waals surface area contributed by atoms with Crippen molar-refractivity contribution < 1.29 is 25.8 Å². The molecule has 6 aliphatic carbocycles. The Morgan fingerprint density at radius 3 is 1.72 bits per heavy atom. The van der Waals surface area contributed by atoms with Crippen molar-refractivity contribution in [1.29, 1.82) is 0 Å². The number of rotatable bonds is 6. The van der Waals surface area contributed by atoms with Gasteiger partial charge in [-0.1, -0.05) is 166 Å². The maximum Gasteiger partial charge on any atom is 0.135 e. The molecule has 1 aliphatic heterocycles. The first-order chi connectivity index (χ1) is 36.3. The van der Waals surface area contributed by atoms with Gasteiger partial charge in [0, 0.05) is 90.6 Å². The van der Waals surface area contributed by atoms with Gasteiger partial charge in [-0.15, -0.1) is 48.1 Å². The monoisotopic (exact) mass is 1150 g/mol. The number of nitrogens with zero attached hydrogens (tertiary/aromatic N) is 4. The molecule has 4 bridgehead atoms. The summed E-state index contributed by atoms with van der Waals surface area (Å²) in [4.78, 5) is 9.79. The number of benzene rings is 9. The van der Waals surface area contributed by atoms with E-state index in [0.29, 0.717) is 11.5 Å². The Bertz CT molecular complexity index is 4040. The minimum absolute atomic E-state index is 0. The third-order valence-electron chi connectivity index (χ3n) is 16.5. The maximum atomic E-state index is 6.76. The van der Waals surface area contributed by atoms with Gasteiger partial charge in [0.25, 0.3) is 0 Å². The number of hydrogen-bond donors (Lipinski definition) is 0. The topological polar surface area (TPSA) is 33.5 Å². The molecule has 5 nitrogen and oxygen atoms in total. The first-order valence-corrected chi connectivity index (χ1v) is 25.9. The number of aromatic nitrogens is 2. The van der Waals surface area contributed by atoms with Gasteiger partial charge in [-0.2, -0.15) is 12.1 Å². The van der Waals surface area contributed by atoms with Gasteiger partial charge in [0.15, 0.2) is 0 Å². The molecular weight excluding hydrogens is 1100 g/mol. The third-order valence-corrected chi connectivity index (χ3v) is 16.5. The second-order valence-electron chi connectivity index (χ2n) is 21.5. The molecule has 75 heavy (non-hydrogen) atoms. The van der Waals surface area contributed by atoms with Crippen molar-refractivity contribution in [2.75, 3.05) is 9.80 Å². The summed E-state index contributed by atoms with van der Waals surface area (Å²) in [7, 11) is 0. The largest absolute Gasteiger partial charge is 0.509 e. The van der Waals surface area contributed by atoms with E-state index in [9.17, 15) is 0 Å². The fourth-order valence-electron chi connectivity index (χ4n) is 13.2. The van der Waals surface area contributed by atoms with E-state index < -0.39 is 0 Å². The summed E-state index contributed by atoms with van der Waals surface area (Å²) in [5.74, 6) is 2.68. The van der Waals surface area contributed by atoms with Crippen LogP contribution in [0.4, 0.5) is 22.7 Å². The average Bonchev–Trinajstić information content (AvgIpc) is 3.98. The van der Waals surface area contributed by atoms with Crippen molar-refractivity contribution in [2.45, 2.75) is 56.8 Å². The SMILES string of the molecule is Cc1cc(-n2c3[c-]c(Oc4[c-]c(N5[CH-]N(c6cccc7c6C6c8ccccc8C7C7c8ccccc8C6c6ccccc67)c6ccccc65)ccc4)ccc3c3ccccc32)ncc1-c1ccc(C(C)(C)C)cc1.[Pt]. The Balaban J connectivity index is 0.00000516. The Morgan fingerprint density at radius 1 is 0.507 bits per heavy atom. The van der Waals surface area contributed by atoms with Crippen LogP contribution < -0.4 is 14.5 Å². The Labute approximate surface area is 453 Å². The summed E-state index contributed by atoms with van der Waals surface area (Å²) < 4.78 is 8.97. The van der Waals surface area contributed by atoms with Crippen LogP contribution in [0.2, 0.25) is 0 Å². The molecule has 0 radical (unpaired) electrons. The van der Waals surface area contributed by atoms with E-state index in [-0.39, 0.29) is 50.2 Å². The van der Waals surface area contributed by atoms with Crippen LogP contribution in [0.1, 0.15) is 100 Å². The molecule has 0 amide bonds. The van der Waals surface area contributed by atoms with Gasteiger partial charge in [-0.25, -0.2) is 4.98 Å². The van der Waals surface area contributed by atoms with E-state index in [1.807, 2.05) is 18.3 Å². The quantitative estimate of drug-likeness (QED) is 0.155. The van der Waals surface area contributed by atoms with Crippen molar-refractivity contribution in [2.24, 2.45) is 0 Å². The van der Waals surface area contributed by atoms with E-state index in [1.54, 1.807) is 0 Å². The number of pyridine rings is 1.